The number of hydrogen-bond donors (Lipinski definition) is 1. The van der Waals surface area contributed by atoms with E-state index in [0.717, 1.165) is 24.1 Å². The predicted molar refractivity (Wildman–Crippen MR) is 84.6 cm³/mol. The summed E-state index contributed by atoms with van der Waals surface area (Å²) >= 11 is 0. The molecule has 2 aromatic rings. The lowest BCUT2D eigenvalue weighted by Crippen LogP contribution is -2.42. The Morgan fingerprint density at radius 1 is 1.30 bits per heavy atom. The van der Waals surface area contributed by atoms with E-state index in [2.05, 4.69) is 14.7 Å². The van der Waals surface area contributed by atoms with Crippen LogP contribution in [0.5, 0.6) is 0 Å². The summed E-state index contributed by atoms with van der Waals surface area (Å²) in [6, 6.07) is 8.31. The lowest BCUT2D eigenvalue weighted by Gasteiger charge is -2.34. The predicted octanol–water partition coefficient (Wildman–Crippen LogP) is 1.13. The Bertz CT molecular complexity index is 773. The van der Waals surface area contributed by atoms with Crippen LogP contribution in [0.2, 0.25) is 0 Å². The lowest BCUT2D eigenvalue weighted by atomic mass is 10.1. The third-order valence-corrected chi connectivity index (χ3v) is 4.54. The van der Waals surface area contributed by atoms with E-state index in [0.29, 0.717) is 19.6 Å². The lowest BCUT2D eigenvalue weighted by molar-refractivity contribution is 0.168. The number of nitrogens with zero attached hydrogens (tertiary/aromatic N) is 3. The van der Waals surface area contributed by atoms with Gasteiger partial charge in [-0.25, -0.2) is 17.5 Å². The van der Waals surface area contributed by atoms with Crippen LogP contribution in [-0.2, 0) is 23.1 Å². The fourth-order valence-electron chi connectivity index (χ4n) is 2.83. The molecule has 124 valence electrons. The SMILES string of the molecule is CS(=O)(=O)NC[C@@H]1CN(Cc2ccc(F)cc2)Cc2ccnn21. The van der Waals surface area contributed by atoms with Crippen molar-refractivity contribution in [3.8, 4) is 0 Å². The van der Waals surface area contributed by atoms with Crippen molar-refractivity contribution in [2.45, 2.75) is 19.1 Å². The van der Waals surface area contributed by atoms with Gasteiger partial charge in [-0.15, -0.1) is 0 Å². The number of sulfonamides is 1. The van der Waals surface area contributed by atoms with Crippen molar-refractivity contribution in [1.82, 2.24) is 19.4 Å². The summed E-state index contributed by atoms with van der Waals surface area (Å²) in [6.07, 6.45) is 2.88. The first-order chi connectivity index (χ1) is 10.9. The molecule has 1 aromatic heterocycles. The van der Waals surface area contributed by atoms with Gasteiger partial charge >= 0.3 is 0 Å². The molecule has 23 heavy (non-hydrogen) atoms. The number of aromatic nitrogens is 2. The van der Waals surface area contributed by atoms with Crippen LogP contribution in [0.4, 0.5) is 4.39 Å². The van der Waals surface area contributed by atoms with Gasteiger partial charge < -0.3 is 0 Å². The van der Waals surface area contributed by atoms with Crippen LogP contribution in [0.25, 0.3) is 0 Å². The minimum Gasteiger partial charge on any atom is -0.291 e. The van der Waals surface area contributed by atoms with E-state index < -0.39 is 10.0 Å². The Hall–Kier alpha value is -1.77. The van der Waals surface area contributed by atoms with Crippen molar-refractivity contribution in [2.24, 2.45) is 0 Å². The van der Waals surface area contributed by atoms with Gasteiger partial charge in [0.25, 0.3) is 0 Å². The van der Waals surface area contributed by atoms with Gasteiger partial charge in [-0.05, 0) is 23.8 Å². The third kappa shape index (κ3) is 4.15. The largest absolute Gasteiger partial charge is 0.291 e. The smallest absolute Gasteiger partial charge is 0.208 e. The van der Waals surface area contributed by atoms with Crippen molar-refractivity contribution in [3.05, 3.63) is 53.6 Å². The summed E-state index contributed by atoms with van der Waals surface area (Å²) in [4.78, 5) is 2.21. The van der Waals surface area contributed by atoms with Gasteiger partial charge in [0.2, 0.25) is 10.0 Å². The first-order valence-corrected chi connectivity index (χ1v) is 9.24. The van der Waals surface area contributed by atoms with Crippen LogP contribution in [0, 0.1) is 5.82 Å². The summed E-state index contributed by atoms with van der Waals surface area (Å²) in [5.74, 6) is -0.249. The van der Waals surface area contributed by atoms with Crippen LogP contribution in [0.15, 0.2) is 36.5 Å². The first kappa shape index (κ1) is 16.1. The maximum atomic E-state index is 13.0. The Kier molecular flexibility index (Phi) is 4.47. The molecule has 0 bridgehead atoms. The highest BCUT2D eigenvalue weighted by molar-refractivity contribution is 7.88. The van der Waals surface area contributed by atoms with Crippen LogP contribution in [0.1, 0.15) is 17.3 Å². The average Bonchev–Trinajstić information content (AvgIpc) is 2.95. The number of hydrogen-bond acceptors (Lipinski definition) is 4. The Morgan fingerprint density at radius 2 is 2.04 bits per heavy atom. The molecule has 2 heterocycles. The maximum absolute atomic E-state index is 13.0. The minimum atomic E-state index is -3.24. The van der Waals surface area contributed by atoms with Gasteiger partial charge in [-0.1, -0.05) is 12.1 Å². The fourth-order valence-corrected chi connectivity index (χ4v) is 3.33. The molecule has 0 saturated carbocycles. The van der Waals surface area contributed by atoms with Crippen molar-refractivity contribution in [1.29, 1.82) is 0 Å². The third-order valence-electron chi connectivity index (χ3n) is 3.85. The molecule has 0 radical (unpaired) electrons. The van der Waals surface area contributed by atoms with Gasteiger partial charge in [-0.2, -0.15) is 5.10 Å². The van der Waals surface area contributed by atoms with Crippen molar-refractivity contribution < 1.29 is 12.8 Å². The molecular formula is C15H19FN4O2S. The van der Waals surface area contributed by atoms with Gasteiger partial charge in [0.05, 0.1) is 18.0 Å². The van der Waals surface area contributed by atoms with Crippen molar-refractivity contribution in [2.75, 3.05) is 19.3 Å². The molecule has 0 aliphatic carbocycles. The van der Waals surface area contributed by atoms with E-state index in [9.17, 15) is 12.8 Å². The molecule has 6 nitrogen and oxygen atoms in total. The fraction of sp³-hybridized carbons (Fsp3) is 0.400. The molecule has 1 aromatic carbocycles. The molecule has 1 N–H and O–H groups in total. The van der Waals surface area contributed by atoms with Gasteiger partial charge in [0, 0.05) is 32.4 Å². The van der Waals surface area contributed by atoms with E-state index in [1.54, 1.807) is 18.3 Å². The van der Waals surface area contributed by atoms with Gasteiger partial charge in [-0.3, -0.25) is 9.58 Å². The van der Waals surface area contributed by atoms with Gasteiger partial charge in [0.15, 0.2) is 0 Å². The molecule has 1 aliphatic heterocycles. The van der Waals surface area contributed by atoms with E-state index in [-0.39, 0.29) is 11.9 Å². The molecule has 0 amide bonds. The number of nitrogens with one attached hydrogen (secondary N) is 1. The second-order valence-corrected chi connectivity index (χ2v) is 7.67. The summed E-state index contributed by atoms with van der Waals surface area (Å²) in [6.45, 7) is 2.38. The van der Waals surface area contributed by atoms with Gasteiger partial charge in [0.1, 0.15) is 5.82 Å². The van der Waals surface area contributed by atoms with Crippen molar-refractivity contribution >= 4 is 10.0 Å². The molecule has 0 unspecified atom stereocenters. The summed E-state index contributed by atoms with van der Waals surface area (Å²) in [7, 11) is -3.24. The maximum Gasteiger partial charge on any atom is 0.208 e. The molecule has 0 spiro atoms. The van der Waals surface area contributed by atoms with E-state index in [1.807, 2.05) is 10.7 Å². The second-order valence-electron chi connectivity index (χ2n) is 5.84. The molecule has 1 atom stereocenters. The highest BCUT2D eigenvalue weighted by atomic mass is 32.2. The zero-order valence-electron chi connectivity index (χ0n) is 12.8. The van der Waals surface area contributed by atoms with Crippen LogP contribution < -0.4 is 4.72 Å². The highest BCUT2D eigenvalue weighted by Crippen LogP contribution is 2.21. The topological polar surface area (TPSA) is 67.2 Å². The number of benzene rings is 1. The minimum absolute atomic E-state index is 0.0658. The number of rotatable bonds is 5. The van der Waals surface area contributed by atoms with E-state index in [4.69, 9.17) is 0 Å². The zero-order valence-corrected chi connectivity index (χ0v) is 13.6. The highest BCUT2D eigenvalue weighted by Gasteiger charge is 2.26. The number of halogens is 1. The summed E-state index contributed by atoms with van der Waals surface area (Å²) in [5.41, 5.74) is 2.06. The normalized spacial score (nSPS) is 18.8. The van der Waals surface area contributed by atoms with E-state index in [1.165, 1.54) is 12.1 Å². The molecular weight excluding hydrogens is 319 g/mol. The zero-order chi connectivity index (χ0) is 16.4. The Balaban J connectivity index is 1.73. The van der Waals surface area contributed by atoms with Crippen LogP contribution in [-0.4, -0.2) is 42.4 Å². The summed E-state index contributed by atoms with van der Waals surface area (Å²) < 4.78 is 40.1. The second kappa shape index (κ2) is 6.38. The first-order valence-electron chi connectivity index (χ1n) is 7.34. The Morgan fingerprint density at radius 3 is 2.74 bits per heavy atom. The standard InChI is InChI=1S/C15H19FN4O2S/c1-23(21,22)18-8-15-11-19(10-14-6-7-17-20(14)15)9-12-2-4-13(16)5-3-12/h2-7,15,18H,8-11H2,1H3/t15-/m1/s1. The molecule has 1 aliphatic rings. The quantitative estimate of drug-likeness (QED) is 0.887. The monoisotopic (exact) mass is 338 g/mol. The molecule has 0 fully saturated rings. The molecule has 0 saturated heterocycles. The van der Waals surface area contributed by atoms with Crippen LogP contribution >= 0.6 is 0 Å². The number of fused-ring (bicyclic) bond motifs is 1. The van der Waals surface area contributed by atoms with Crippen molar-refractivity contribution in [3.63, 3.8) is 0 Å². The molecule has 8 heteroatoms. The van der Waals surface area contributed by atoms with Crippen LogP contribution in [0.3, 0.4) is 0 Å². The average molecular weight is 338 g/mol. The Labute approximate surface area is 135 Å². The van der Waals surface area contributed by atoms with E-state index >= 15 is 0 Å². The summed E-state index contributed by atoms with van der Waals surface area (Å²) in [5, 5.41) is 4.30. The molecule has 3 rings (SSSR count).